The van der Waals surface area contributed by atoms with Gasteiger partial charge in [0.1, 0.15) is 27.4 Å². The molecular weight excluding hydrogens is 412 g/mol. The predicted octanol–water partition coefficient (Wildman–Crippen LogP) is 4.94. The lowest BCUT2D eigenvalue weighted by Crippen LogP contribution is -2.32. The van der Waals surface area contributed by atoms with E-state index >= 15 is 0 Å². The number of ether oxygens (including phenoxy) is 2. The van der Waals surface area contributed by atoms with Gasteiger partial charge in [-0.15, -0.1) is 0 Å². The Morgan fingerprint density at radius 1 is 1.06 bits per heavy atom. The van der Waals surface area contributed by atoms with Gasteiger partial charge in [0, 0.05) is 12.2 Å². The van der Waals surface area contributed by atoms with Gasteiger partial charge in [0.2, 0.25) is 0 Å². The van der Waals surface area contributed by atoms with E-state index in [1.165, 1.54) is 11.3 Å². The number of carbonyl (C=O) groups excluding carboxylic acids is 1. The van der Waals surface area contributed by atoms with Crippen molar-refractivity contribution < 1.29 is 14.3 Å². The topological polar surface area (TPSA) is 69.5 Å². The van der Waals surface area contributed by atoms with E-state index in [9.17, 15) is 4.79 Å². The highest BCUT2D eigenvalue weighted by Crippen LogP contribution is 2.40. The van der Waals surface area contributed by atoms with Crippen LogP contribution in [0.4, 0.5) is 5.13 Å². The van der Waals surface area contributed by atoms with Crippen molar-refractivity contribution in [1.29, 1.82) is 0 Å². The summed E-state index contributed by atoms with van der Waals surface area (Å²) in [7, 11) is 3.23. The van der Waals surface area contributed by atoms with Gasteiger partial charge in [0.25, 0.3) is 5.91 Å². The van der Waals surface area contributed by atoms with E-state index in [2.05, 4.69) is 5.10 Å². The number of benzene rings is 2. The fraction of sp³-hybridized carbons (Fsp3) is 0.261. The van der Waals surface area contributed by atoms with E-state index in [1.54, 1.807) is 36.1 Å². The van der Waals surface area contributed by atoms with Gasteiger partial charge in [-0.2, -0.15) is 5.10 Å². The minimum absolute atomic E-state index is 0.0584. The van der Waals surface area contributed by atoms with E-state index in [0.29, 0.717) is 34.4 Å². The maximum absolute atomic E-state index is 13.7. The number of nitrogens with zero attached hydrogens (tertiary/aromatic N) is 4. The molecule has 0 spiro atoms. The molecule has 2 heterocycles. The molecule has 160 valence electrons. The van der Waals surface area contributed by atoms with E-state index in [1.807, 2.05) is 56.3 Å². The summed E-state index contributed by atoms with van der Waals surface area (Å²) >= 11 is 1.40. The van der Waals surface area contributed by atoms with Gasteiger partial charge in [-0.1, -0.05) is 41.7 Å². The van der Waals surface area contributed by atoms with Crippen LogP contribution in [-0.2, 0) is 6.54 Å². The molecule has 0 saturated heterocycles. The maximum Gasteiger partial charge on any atom is 0.278 e. The molecule has 31 heavy (non-hydrogen) atoms. The van der Waals surface area contributed by atoms with Gasteiger partial charge in [0.05, 0.1) is 20.8 Å². The zero-order valence-electron chi connectivity index (χ0n) is 17.9. The summed E-state index contributed by atoms with van der Waals surface area (Å²) in [6, 6.07) is 15.3. The highest BCUT2D eigenvalue weighted by molar-refractivity contribution is 7.22. The van der Waals surface area contributed by atoms with Crippen molar-refractivity contribution in [1.82, 2.24) is 14.8 Å². The first-order chi connectivity index (χ1) is 15.0. The summed E-state index contributed by atoms with van der Waals surface area (Å²) in [5.41, 5.74) is 2.19. The third-order valence-corrected chi connectivity index (χ3v) is 6.03. The SMILES string of the molecule is COc1ccc(OC)c2sc(N(Cc3ccccc3)C(=O)c3ccnn3C(C)C)nc12. The molecule has 0 radical (unpaired) electrons. The third kappa shape index (κ3) is 3.98. The molecule has 7 nitrogen and oxygen atoms in total. The molecule has 4 rings (SSSR count). The minimum atomic E-state index is -0.160. The van der Waals surface area contributed by atoms with Crippen LogP contribution < -0.4 is 14.4 Å². The van der Waals surface area contributed by atoms with Crippen LogP contribution in [0, 0.1) is 0 Å². The first kappa shape index (κ1) is 20.9. The van der Waals surface area contributed by atoms with Gasteiger partial charge >= 0.3 is 0 Å². The average Bonchev–Trinajstić information content (AvgIpc) is 3.45. The molecule has 0 N–H and O–H groups in total. The second-order valence-electron chi connectivity index (χ2n) is 7.28. The van der Waals surface area contributed by atoms with Crippen LogP contribution in [0.5, 0.6) is 11.5 Å². The Labute approximate surface area is 184 Å². The van der Waals surface area contributed by atoms with E-state index in [-0.39, 0.29) is 11.9 Å². The Bertz CT molecular complexity index is 1160. The molecule has 1 amide bonds. The van der Waals surface area contributed by atoms with Crippen LogP contribution in [0.1, 0.15) is 35.9 Å². The lowest BCUT2D eigenvalue weighted by molar-refractivity contribution is 0.0973. The van der Waals surface area contributed by atoms with Crippen LogP contribution in [0.25, 0.3) is 10.2 Å². The van der Waals surface area contributed by atoms with Gasteiger partial charge in [-0.05, 0) is 37.6 Å². The molecule has 2 aromatic carbocycles. The lowest BCUT2D eigenvalue weighted by atomic mass is 10.2. The first-order valence-electron chi connectivity index (χ1n) is 9.94. The first-order valence-corrected chi connectivity index (χ1v) is 10.8. The number of rotatable bonds is 7. The molecule has 2 aromatic heterocycles. The van der Waals surface area contributed by atoms with E-state index in [4.69, 9.17) is 14.5 Å². The maximum atomic E-state index is 13.7. The number of methoxy groups -OCH3 is 2. The van der Waals surface area contributed by atoms with E-state index in [0.717, 1.165) is 10.3 Å². The van der Waals surface area contributed by atoms with Gasteiger partial charge in [-0.3, -0.25) is 14.4 Å². The quantitative estimate of drug-likeness (QED) is 0.410. The van der Waals surface area contributed by atoms with Crippen LogP contribution in [0.15, 0.2) is 54.7 Å². The summed E-state index contributed by atoms with van der Waals surface area (Å²) in [5.74, 6) is 1.17. The molecule has 0 saturated carbocycles. The van der Waals surface area contributed by atoms with Crippen molar-refractivity contribution in [3.8, 4) is 11.5 Å². The number of amides is 1. The molecule has 0 bridgehead atoms. The smallest absolute Gasteiger partial charge is 0.278 e. The van der Waals surface area contributed by atoms with Crippen molar-refractivity contribution in [2.24, 2.45) is 0 Å². The summed E-state index contributed by atoms with van der Waals surface area (Å²) in [5, 5.41) is 4.90. The Kier molecular flexibility index (Phi) is 5.90. The van der Waals surface area contributed by atoms with Crippen molar-refractivity contribution in [2.45, 2.75) is 26.4 Å². The molecule has 0 aliphatic carbocycles. The number of anilines is 1. The molecule has 0 fully saturated rings. The number of fused-ring (bicyclic) bond motifs is 1. The normalized spacial score (nSPS) is 11.1. The molecule has 0 aliphatic rings. The number of aromatic nitrogens is 3. The highest BCUT2D eigenvalue weighted by atomic mass is 32.1. The standard InChI is InChI=1S/C23H24N4O3S/c1-15(2)27-17(12-13-24-27)22(28)26(14-16-8-6-5-7-9-16)23-25-20-18(29-3)10-11-19(30-4)21(20)31-23/h5-13,15H,14H2,1-4H3. The zero-order chi connectivity index (χ0) is 22.0. The highest BCUT2D eigenvalue weighted by Gasteiger charge is 2.26. The van der Waals surface area contributed by atoms with Crippen LogP contribution in [0.3, 0.4) is 0 Å². The van der Waals surface area contributed by atoms with Crippen molar-refractivity contribution in [3.63, 3.8) is 0 Å². The Morgan fingerprint density at radius 2 is 1.77 bits per heavy atom. The number of thiazole rings is 1. The summed E-state index contributed by atoms with van der Waals surface area (Å²) in [4.78, 5) is 20.2. The monoisotopic (exact) mass is 436 g/mol. The fourth-order valence-electron chi connectivity index (χ4n) is 3.42. The summed E-state index contributed by atoms with van der Waals surface area (Å²) < 4.78 is 13.6. The van der Waals surface area contributed by atoms with Crippen LogP contribution >= 0.6 is 11.3 Å². The largest absolute Gasteiger partial charge is 0.495 e. The van der Waals surface area contributed by atoms with Crippen LogP contribution in [0.2, 0.25) is 0 Å². The predicted molar refractivity (Wildman–Crippen MR) is 122 cm³/mol. The summed E-state index contributed by atoms with van der Waals surface area (Å²) in [6.45, 7) is 4.38. The lowest BCUT2D eigenvalue weighted by Gasteiger charge is -2.21. The van der Waals surface area contributed by atoms with Crippen molar-refractivity contribution in [3.05, 3.63) is 66.0 Å². The third-order valence-electron chi connectivity index (χ3n) is 4.94. The van der Waals surface area contributed by atoms with Gasteiger partial charge in [0.15, 0.2) is 5.13 Å². The fourth-order valence-corrected chi connectivity index (χ4v) is 4.49. The van der Waals surface area contributed by atoms with Crippen molar-refractivity contribution >= 4 is 32.6 Å². The Morgan fingerprint density at radius 3 is 2.45 bits per heavy atom. The minimum Gasteiger partial charge on any atom is -0.495 e. The van der Waals surface area contributed by atoms with E-state index < -0.39 is 0 Å². The second-order valence-corrected chi connectivity index (χ2v) is 8.25. The number of carbonyl (C=O) groups is 1. The Balaban J connectivity index is 1.84. The number of hydrogen-bond acceptors (Lipinski definition) is 6. The number of hydrogen-bond donors (Lipinski definition) is 0. The van der Waals surface area contributed by atoms with Gasteiger partial charge in [-0.25, -0.2) is 4.98 Å². The van der Waals surface area contributed by atoms with Crippen LogP contribution in [-0.4, -0.2) is 34.9 Å². The zero-order valence-corrected chi connectivity index (χ0v) is 18.7. The molecule has 0 aliphatic heterocycles. The molecule has 4 aromatic rings. The molecule has 0 unspecified atom stereocenters. The summed E-state index contributed by atoms with van der Waals surface area (Å²) in [6.07, 6.45) is 1.65. The Hall–Kier alpha value is -3.39. The average molecular weight is 437 g/mol. The molecule has 8 heteroatoms. The molecular formula is C23H24N4O3S. The van der Waals surface area contributed by atoms with Crippen molar-refractivity contribution in [2.75, 3.05) is 19.1 Å². The van der Waals surface area contributed by atoms with Gasteiger partial charge < -0.3 is 9.47 Å². The second kappa shape index (κ2) is 8.77. The molecule has 0 atom stereocenters.